The smallest absolute Gasteiger partial charge is 0.220 e. The summed E-state index contributed by atoms with van der Waals surface area (Å²) in [6.45, 7) is 5.10. The van der Waals surface area contributed by atoms with Gasteiger partial charge in [0.1, 0.15) is 0 Å². The van der Waals surface area contributed by atoms with Gasteiger partial charge in [0.2, 0.25) is 5.91 Å². The van der Waals surface area contributed by atoms with E-state index in [0.29, 0.717) is 12.3 Å². The van der Waals surface area contributed by atoms with Gasteiger partial charge in [-0.15, -0.1) is 11.3 Å². The van der Waals surface area contributed by atoms with Crippen molar-refractivity contribution in [1.82, 2.24) is 5.32 Å². The summed E-state index contributed by atoms with van der Waals surface area (Å²) >= 11 is 1.71. The monoisotopic (exact) mass is 283 g/mol. The Labute approximate surface area is 120 Å². The van der Waals surface area contributed by atoms with E-state index < -0.39 is 0 Å². The van der Waals surface area contributed by atoms with Gasteiger partial charge < -0.3 is 10.1 Å². The van der Waals surface area contributed by atoms with Gasteiger partial charge in [-0.25, -0.2) is 0 Å². The first kappa shape index (κ1) is 16.2. The van der Waals surface area contributed by atoms with E-state index in [1.54, 1.807) is 18.4 Å². The van der Waals surface area contributed by atoms with Crippen molar-refractivity contribution < 1.29 is 9.53 Å². The van der Waals surface area contributed by atoms with Crippen LogP contribution in [0.4, 0.5) is 0 Å². The molecule has 1 atom stereocenters. The first-order valence-corrected chi connectivity index (χ1v) is 7.83. The quantitative estimate of drug-likeness (QED) is 0.701. The van der Waals surface area contributed by atoms with E-state index in [0.717, 1.165) is 25.9 Å². The third-order valence-corrected chi connectivity index (χ3v) is 3.92. The number of unbranched alkanes of at least 4 members (excludes halogenated alkanes) is 1. The normalized spacial score (nSPS) is 12.6. The van der Waals surface area contributed by atoms with Gasteiger partial charge in [-0.1, -0.05) is 19.9 Å². The van der Waals surface area contributed by atoms with Crippen LogP contribution in [0.15, 0.2) is 17.5 Å². The van der Waals surface area contributed by atoms with Crippen molar-refractivity contribution in [3.05, 3.63) is 22.4 Å². The van der Waals surface area contributed by atoms with Gasteiger partial charge in [-0.05, 0) is 36.6 Å². The molecule has 1 aromatic rings. The molecule has 0 radical (unpaired) electrons. The Morgan fingerprint density at radius 1 is 1.42 bits per heavy atom. The lowest BCUT2D eigenvalue weighted by Crippen LogP contribution is -2.28. The summed E-state index contributed by atoms with van der Waals surface area (Å²) in [6.07, 6.45) is 3.41. The Morgan fingerprint density at radius 3 is 2.79 bits per heavy atom. The minimum Gasteiger partial charge on any atom is -0.385 e. The topological polar surface area (TPSA) is 38.3 Å². The largest absolute Gasteiger partial charge is 0.385 e. The number of methoxy groups -OCH3 is 1. The van der Waals surface area contributed by atoms with Crippen LogP contribution < -0.4 is 5.32 Å². The molecular formula is C15H25NO2S. The molecule has 1 aromatic heterocycles. The molecule has 3 nitrogen and oxygen atoms in total. The molecular weight excluding hydrogens is 258 g/mol. The zero-order valence-corrected chi connectivity index (χ0v) is 13.0. The number of carbonyl (C=O) groups is 1. The molecule has 19 heavy (non-hydrogen) atoms. The Kier molecular flexibility index (Phi) is 7.75. The number of amides is 1. The molecule has 1 rings (SSSR count). The lowest BCUT2D eigenvalue weighted by molar-refractivity contribution is -0.122. The number of thiophene rings is 1. The average Bonchev–Trinajstić information content (AvgIpc) is 2.87. The van der Waals surface area contributed by atoms with E-state index in [9.17, 15) is 4.79 Å². The molecule has 1 amide bonds. The molecule has 1 N–H and O–H groups in total. The number of hydrogen-bond donors (Lipinski definition) is 1. The molecule has 0 aliphatic rings. The summed E-state index contributed by atoms with van der Waals surface area (Å²) in [4.78, 5) is 13.2. The predicted molar refractivity (Wildman–Crippen MR) is 80.4 cm³/mol. The molecule has 0 bridgehead atoms. The summed E-state index contributed by atoms with van der Waals surface area (Å²) in [5.74, 6) is 0.719. The van der Waals surface area contributed by atoms with E-state index in [1.165, 1.54) is 4.88 Å². The maximum absolute atomic E-state index is 11.9. The van der Waals surface area contributed by atoms with Gasteiger partial charge in [0, 0.05) is 25.0 Å². The van der Waals surface area contributed by atoms with Gasteiger partial charge in [0.15, 0.2) is 0 Å². The van der Waals surface area contributed by atoms with Gasteiger partial charge in [0.05, 0.1) is 6.04 Å². The minimum atomic E-state index is 0.148. The second kappa shape index (κ2) is 9.10. The zero-order valence-electron chi connectivity index (χ0n) is 12.1. The second-order valence-corrected chi connectivity index (χ2v) is 6.19. The third-order valence-electron chi connectivity index (χ3n) is 2.93. The van der Waals surface area contributed by atoms with E-state index in [4.69, 9.17) is 4.74 Å². The van der Waals surface area contributed by atoms with E-state index in [2.05, 4.69) is 30.6 Å². The maximum atomic E-state index is 11.9. The minimum absolute atomic E-state index is 0.148. The molecule has 4 heteroatoms. The van der Waals surface area contributed by atoms with Crippen molar-refractivity contribution in [3.63, 3.8) is 0 Å². The van der Waals surface area contributed by atoms with Crippen molar-refractivity contribution in [2.75, 3.05) is 13.7 Å². The van der Waals surface area contributed by atoms with Crippen molar-refractivity contribution in [2.24, 2.45) is 5.92 Å². The Hall–Kier alpha value is -0.870. The summed E-state index contributed by atoms with van der Waals surface area (Å²) in [5.41, 5.74) is 0. The Morgan fingerprint density at radius 2 is 2.21 bits per heavy atom. The summed E-state index contributed by atoms with van der Waals surface area (Å²) in [5, 5.41) is 5.22. The molecule has 0 saturated heterocycles. The molecule has 1 unspecified atom stereocenters. The molecule has 0 aliphatic heterocycles. The SMILES string of the molecule is COCCCCC(=O)NC(CC(C)C)c1cccs1. The molecule has 108 valence electrons. The van der Waals surface area contributed by atoms with Gasteiger partial charge in [0.25, 0.3) is 0 Å². The summed E-state index contributed by atoms with van der Waals surface area (Å²) in [7, 11) is 1.69. The first-order valence-electron chi connectivity index (χ1n) is 6.95. The van der Waals surface area contributed by atoms with Crippen LogP contribution in [0.1, 0.15) is 50.4 Å². The maximum Gasteiger partial charge on any atom is 0.220 e. The summed E-state index contributed by atoms with van der Waals surface area (Å²) < 4.78 is 4.99. The van der Waals surface area contributed by atoms with Crippen LogP contribution in [0.5, 0.6) is 0 Å². The van der Waals surface area contributed by atoms with Gasteiger partial charge in [-0.3, -0.25) is 4.79 Å². The van der Waals surface area contributed by atoms with Crippen molar-refractivity contribution in [3.8, 4) is 0 Å². The number of rotatable bonds is 9. The Balaban J connectivity index is 2.42. The van der Waals surface area contributed by atoms with Crippen LogP contribution >= 0.6 is 11.3 Å². The average molecular weight is 283 g/mol. The van der Waals surface area contributed by atoms with Crippen molar-refractivity contribution in [1.29, 1.82) is 0 Å². The van der Waals surface area contributed by atoms with Crippen LogP contribution in [0.25, 0.3) is 0 Å². The summed E-state index contributed by atoms with van der Waals surface area (Å²) in [6, 6.07) is 4.30. The Bertz CT molecular complexity index is 349. The number of nitrogens with one attached hydrogen (secondary N) is 1. The second-order valence-electron chi connectivity index (χ2n) is 5.21. The van der Waals surface area contributed by atoms with Crippen molar-refractivity contribution in [2.45, 2.75) is 45.6 Å². The van der Waals surface area contributed by atoms with Crippen molar-refractivity contribution >= 4 is 17.2 Å². The predicted octanol–water partition coefficient (Wildman–Crippen LogP) is 3.77. The van der Waals surface area contributed by atoms with Crippen LogP contribution in [-0.4, -0.2) is 19.6 Å². The fraction of sp³-hybridized carbons (Fsp3) is 0.667. The molecule has 0 spiro atoms. The molecule has 0 aliphatic carbocycles. The number of ether oxygens (including phenoxy) is 1. The highest BCUT2D eigenvalue weighted by Crippen LogP contribution is 2.25. The lowest BCUT2D eigenvalue weighted by atomic mass is 10.0. The van der Waals surface area contributed by atoms with Gasteiger partial charge >= 0.3 is 0 Å². The standard InChI is InChI=1S/C15H25NO2S/c1-12(2)11-13(14-7-6-10-19-14)16-15(17)8-4-5-9-18-3/h6-7,10,12-13H,4-5,8-9,11H2,1-3H3,(H,16,17). The fourth-order valence-corrected chi connectivity index (χ4v) is 2.80. The van der Waals surface area contributed by atoms with E-state index >= 15 is 0 Å². The highest BCUT2D eigenvalue weighted by molar-refractivity contribution is 7.10. The number of hydrogen-bond acceptors (Lipinski definition) is 3. The van der Waals surface area contributed by atoms with Gasteiger partial charge in [-0.2, -0.15) is 0 Å². The fourth-order valence-electron chi connectivity index (χ4n) is 2.01. The molecule has 0 saturated carbocycles. The molecule has 0 aromatic carbocycles. The lowest BCUT2D eigenvalue weighted by Gasteiger charge is -2.19. The third kappa shape index (κ3) is 6.73. The van der Waals surface area contributed by atoms with E-state index in [-0.39, 0.29) is 11.9 Å². The highest BCUT2D eigenvalue weighted by Gasteiger charge is 2.16. The van der Waals surface area contributed by atoms with Crippen LogP contribution in [0.3, 0.4) is 0 Å². The van der Waals surface area contributed by atoms with Crippen LogP contribution in [-0.2, 0) is 9.53 Å². The molecule has 0 fully saturated rings. The van der Waals surface area contributed by atoms with E-state index in [1.807, 2.05) is 6.07 Å². The molecule has 1 heterocycles. The van der Waals surface area contributed by atoms with Crippen LogP contribution in [0.2, 0.25) is 0 Å². The zero-order chi connectivity index (χ0) is 14.1. The van der Waals surface area contributed by atoms with Crippen LogP contribution in [0, 0.1) is 5.92 Å². The first-order chi connectivity index (χ1) is 9.13. The highest BCUT2D eigenvalue weighted by atomic mass is 32.1. The number of carbonyl (C=O) groups excluding carboxylic acids is 1.